The highest BCUT2D eigenvalue weighted by Gasteiger charge is 2.16. The first kappa shape index (κ1) is 19.0. The number of aromatic nitrogens is 1. The van der Waals surface area contributed by atoms with Crippen molar-refractivity contribution >= 4 is 32.4 Å². The molecule has 3 rings (SSSR count). The average molecular weight is 394 g/mol. The quantitative estimate of drug-likeness (QED) is 0.789. The Hall–Kier alpha value is -1.77. The Bertz CT molecular complexity index is 822. The molecule has 6 nitrogen and oxygen atoms in total. The van der Waals surface area contributed by atoms with Crippen LogP contribution in [0.25, 0.3) is 0 Å². The fourth-order valence-corrected chi connectivity index (χ4v) is 5.04. The van der Waals surface area contributed by atoms with Crippen molar-refractivity contribution in [2.45, 2.75) is 49.8 Å². The molecule has 0 bridgehead atoms. The second-order valence-electron chi connectivity index (χ2n) is 6.31. The highest BCUT2D eigenvalue weighted by Crippen LogP contribution is 2.28. The molecule has 26 heavy (non-hydrogen) atoms. The number of nitrogens with zero attached hydrogens (tertiary/aromatic N) is 1. The zero-order chi connectivity index (χ0) is 18.4. The molecule has 1 amide bonds. The molecule has 1 heterocycles. The SMILES string of the molecule is O=C(CCNS(=O)(=O)c1ccccc1)Nc1nc2c(s1)CCCCCC2. The van der Waals surface area contributed by atoms with Crippen molar-refractivity contribution in [1.29, 1.82) is 0 Å². The summed E-state index contributed by atoms with van der Waals surface area (Å²) in [5, 5.41) is 3.42. The first-order valence-electron chi connectivity index (χ1n) is 8.88. The number of rotatable bonds is 6. The summed E-state index contributed by atoms with van der Waals surface area (Å²) in [6.07, 6.45) is 6.87. The molecule has 1 aromatic heterocycles. The van der Waals surface area contributed by atoms with E-state index in [1.807, 2.05) is 0 Å². The van der Waals surface area contributed by atoms with Gasteiger partial charge in [0.15, 0.2) is 5.13 Å². The van der Waals surface area contributed by atoms with E-state index < -0.39 is 10.0 Å². The van der Waals surface area contributed by atoms with Gasteiger partial charge in [0.25, 0.3) is 0 Å². The van der Waals surface area contributed by atoms with Crippen LogP contribution in [0.5, 0.6) is 0 Å². The minimum atomic E-state index is -3.58. The molecule has 0 saturated carbocycles. The van der Waals surface area contributed by atoms with E-state index in [2.05, 4.69) is 15.0 Å². The zero-order valence-electron chi connectivity index (χ0n) is 14.5. The lowest BCUT2D eigenvalue weighted by molar-refractivity contribution is -0.116. The summed E-state index contributed by atoms with van der Waals surface area (Å²) < 4.78 is 26.7. The Morgan fingerprint density at radius 2 is 1.81 bits per heavy atom. The number of aryl methyl sites for hydroxylation is 2. The number of carbonyl (C=O) groups excluding carboxylic acids is 1. The molecule has 0 fully saturated rings. The van der Waals surface area contributed by atoms with Crippen molar-refractivity contribution in [2.75, 3.05) is 11.9 Å². The molecule has 0 spiro atoms. The van der Waals surface area contributed by atoms with Gasteiger partial charge in [-0.3, -0.25) is 4.79 Å². The van der Waals surface area contributed by atoms with E-state index in [-0.39, 0.29) is 23.8 Å². The smallest absolute Gasteiger partial charge is 0.240 e. The third-order valence-electron chi connectivity index (χ3n) is 4.29. The number of anilines is 1. The molecule has 1 aliphatic rings. The maximum atomic E-state index is 12.1. The number of hydrogen-bond donors (Lipinski definition) is 2. The van der Waals surface area contributed by atoms with Crippen molar-refractivity contribution in [3.05, 3.63) is 40.9 Å². The molecule has 8 heteroatoms. The molecule has 2 aromatic rings. The molecule has 0 saturated heterocycles. The van der Waals surface area contributed by atoms with Crippen LogP contribution in [0.2, 0.25) is 0 Å². The number of hydrogen-bond acceptors (Lipinski definition) is 5. The standard InChI is InChI=1S/C18H23N3O3S2/c22-17(12-13-19-26(23,24)14-8-4-3-5-9-14)21-18-20-15-10-6-1-2-7-11-16(15)25-18/h3-5,8-9,19H,1-2,6-7,10-13H2,(H,20,21,22). The van der Waals surface area contributed by atoms with E-state index in [1.165, 1.54) is 36.3 Å². The Labute approximate surface area is 158 Å². The summed E-state index contributed by atoms with van der Waals surface area (Å²) in [6.45, 7) is 0.0498. The normalized spacial score (nSPS) is 14.9. The third kappa shape index (κ3) is 5.12. The fraction of sp³-hybridized carbons (Fsp3) is 0.444. The predicted molar refractivity (Wildman–Crippen MR) is 103 cm³/mol. The molecule has 1 aliphatic carbocycles. The van der Waals surface area contributed by atoms with Gasteiger partial charge in [0, 0.05) is 17.8 Å². The molecule has 0 radical (unpaired) electrons. The van der Waals surface area contributed by atoms with E-state index in [9.17, 15) is 13.2 Å². The summed E-state index contributed by atoms with van der Waals surface area (Å²) in [6, 6.07) is 8.12. The van der Waals surface area contributed by atoms with Crippen molar-refractivity contribution in [3.63, 3.8) is 0 Å². The Morgan fingerprint density at radius 1 is 1.08 bits per heavy atom. The lowest BCUT2D eigenvalue weighted by atomic mass is 10.0. The van der Waals surface area contributed by atoms with Gasteiger partial charge >= 0.3 is 0 Å². The van der Waals surface area contributed by atoms with Gasteiger partial charge in [0.2, 0.25) is 15.9 Å². The maximum absolute atomic E-state index is 12.1. The number of sulfonamides is 1. The summed E-state index contributed by atoms with van der Waals surface area (Å²) in [5.74, 6) is -0.234. The average Bonchev–Trinajstić information content (AvgIpc) is 2.96. The number of thiazole rings is 1. The van der Waals surface area contributed by atoms with E-state index in [4.69, 9.17) is 0 Å². The molecular formula is C18H23N3O3S2. The van der Waals surface area contributed by atoms with Crippen LogP contribution in [-0.4, -0.2) is 25.9 Å². The van der Waals surface area contributed by atoms with Crippen LogP contribution in [0.1, 0.15) is 42.7 Å². The lowest BCUT2D eigenvalue weighted by Gasteiger charge is -2.06. The van der Waals surface area contributed by atoms with Crippen LogP contribution in [0.3, 0.4) is 0 Å². The largest absolute Gasteiger partial charge is 0.302 e. The van der Waals surface area contributed by atoms with Crippen LogP contribution in [0.4, 0.5) is 5.13 Å². The molecule has 0 aliphatic heterocycles. The van der Waals surface area contributed by atoms with Gasteiger partial charge in [-0.15, -0.1) is 11.3 Å². The number of amides is 1. The van der Waals surface area contributed by atoms with Crippen molar-refractivity contribution in [3.8, 4) is 0 Å². The fourth-order valence-electron chi connectivity index (χ4n) is 2.92. The van der Waals surface area contributed by atoms with Crippen molar-refractivity contribution in [1.82, 2.24) is 9.71 Å². The third-order valence-corrected chi connectivity index (χ3v) is 6.84. The first-order chi connectivity index (χ1) is 12.5. The predicted octanol–water partition coefficient (Wildman–Crippen LogP) is 3.11. The van der Waals surface area contributed by atoms with Crippen LogP contribution >= 0.6 is 11.3 Å². The highest BCUT2D eigenvalue weighted by molar-refractivity contribution is 7.89. The second-order valence-corrected chi connectivity index (χ2v) is 9.16. The topological polar surface area (TPSA) is 88.2 Å². The Morgan fingerprint density at radius 3 is 2.58 bits per heavy atom. The van der Waals surface area contributed by atoms with Gasteiger partial charge in [-0.25, -0.2) is 18.1 Å². The molecule has 0 unspecified atom stereocenters. The number of benzene rings is 1. The number of nitrogens with one attached hydrogen (secondary N) is 2. The van der Waals surface area contributed by atoms with Crippen molar-refractivity contribution < 1.29 is 13.2 Å². The van der Waals surface area contributed by atoms with E-state index in [0.29, 0.717) is 5.13 Å². The molecular weight excluding hydrogens is 370 g/mol. The van der Waals surface area contributed by atoms with Crippen LogP contribution < -0.4 is 10.0 Å². The van der Waals surface area contributed by atoms with Crippen LogP contribution in [-0.2, 0) is 27.7 Å². The summed E-state index contributed by atoms with van der Waals surface area (Å²) >= 11 is 1.54. The van der Waals surface area contributed by atoms with Gasteiger partial charge < -0.3 is 5.32 Å². The first-order valence-corrected chi connectivity index (χ1v) is 11.2. The second kappa shape index (κ2) is 8.75. The summed E-state index contributed by atoms with van der Waals surface area (Å²) in [5.41, 5.74) is 1.11. The van der Waals surface area contributed by atoms with E-state index in [0.717, 1.165) is 25.0 Å². The van der Waals surface area contributed by atoms with Crippen LogP contribution in [0, 0.1) is 0 Å². The van der Waals surface area contributed by atoms with E-state index in [1.54, 1.807) is 29.5 Å². The number of carbonyl (C=O) groups is 1. The number of fused-ring (bicyclic) bond motifs is 1. The van der Waals surface area contributed by atoms with Gasteiger partial charge in [0.1, 0.15) is 0 Å². The lowest BCUT2D eigenvalue weighted by Crippen LogP contribution is -2.27. The summed E-state index contributed by atoms with van der Waals surface area (Å²) in [4.78, 5) is 18.1. The van der Waals surface area contributed by atoms with E-state index >= 15 is 0 Å². The molecule has 2 N–H and O–H groups in total. The molecule has 0 atom stereocenters. The van der Waals surface area contributed by atoms with Crippen molar-refractivity contribution in [2.24, 2.45) is 0 Å². The Balaban J connectivity index is 1.51. The van der Waals surface area contributed by atoms with Gasteiger partial charge in [-0.1, -0.05) is 31.0 Å². The Kier molecular flexibility index (Phi) is 6.39. The molecule has 140 valence electrons. The van der Waals surface area contributed by atoms with Gasteiger partial charge in [0.05, 0.1) is 10.6 Å². The molecule has 1 aromatic carbocycles. The zero-order valence-corrected chi connectivity index (χ0v) is 16.2. The van der Waals surface area contributed by atoms with Gasteiger partial charge in [-0.05, 0) is 37.8 Å². The summed E-state index contributed by atoms with van der Waals surface area (Å²) in [7, 11) is -3.58. The maximum Gasteiger partial charge on any atom is 0.240 e. The van der Waals surface area contributed by atoms with Crippen LogP contribution in [0.15, 0.2) is 35.2 Å². The minimum absolute atomic E-state index is 0.0498. The highest BCUT2D eigenvalue weighted by atomic mass is 32.2. The minimum Gasteiger partial charge on any atom is -0.302 e. The van der Waals surface area contributed by atoms with Gasteiger partial charge in [-0.2, -0.15) is 0 Å². The monoisotopic (exact) mass is 393 g/mol.